The monoisotopic (exact) mass is 189 g/mol. The molecule has 14 heavy (non-hydrogen) atoms. The van der Waals surface area contributed by atoms with E-state index >= 15 is 0 Å². The van der Waals surface area contributed by atoms with E-state index in [-0.39, 0.29) is 5.82 Å². The fourth-order valence-corrected chi connectivity index (χ4v) is 1.25. The number of hydrogen-bond acceptors (Lipinski definition) is 1. The van der Waals surface area contributed by atoms with E-state index in [0.717, 1.165) is 11.1 Å². The van der Waals surface area contributed by atoms with E-state index in [2.05, 4.69) is 0 Å². The first kappa shape index (κ1) is 8.69. The van der Waals surface area contributed by atoms with Crippen LogP contribution in [0.25, 0.3) is 11.1 Å². The van der Waals surface area contributed by atoms with Crippen LogP contribution in [0.3, 0.4) is 0 Å². The number of benzene rings is 1. The van der Waals surface area contributed by atoms with Crippen LogP contribution in [0.4, 0.5) is 4.39 Å². The van der Waals surface area contributed by atoms with Gasteiger partial charge in [0.15, 0.2) is 12.4 Å². The van der Waals surface area contributed by atoms with Crippen molar-refractivity contribution >= 4 is 0 Å². The minimum absolute atomic E-state index is 0.261. The van der Waals surface area contributed by atoms with Crippen LogP contribution in [0.1, 0.15) is 0 Å². The van der Waals surface area contributed by atoms with Gasteiger partial charge in [-0.05, 0) is 23.3 Å². The van der Waals surface area contributed by atoms with Gasteiger partial charge in [0.1, 0.15) is 5.82 Å². The van der Waals surface area contributed by atoms with E-state index < -0.39 is 0 Å². The molecule has 0 aliphatic rings. The molecule has 0 bridgehead atoms. The molecule has 0 unspecified atom stereocenters. The molecular weight excluding hydrogens is 181 g/mol. The zero-order valence-corrected chi connectivity index (χ0v) is 7.35. The van der Waals surface area contributed by atoms with Crippen LogP contribution in [-0.4, -0.2) is 0 Å². The number of nitrogens with zero attached hydrogens (tertiary/aromatic N) is 1. The van der Waals surface area contributed by atoms with Gasteiger partial charge in [-0.2, -0.15) is 4.73 Å². The molecule has 0 atom stereocenters. The van der Waals surface area contributed by atoms with Gasteiger partial charge in [-0.3, -0.25) is 0 Å². The molecule has 0 aliphatic carbocycles. The maximum absolute atomic E-state index is 12.6. The summed E-state index contributed by atoms with van der Waals surface area (Å²) in [6.07, 6.45) is 2.83. The summed E-state index contributed by atoms with van der Waals surface area (Å²) in [4.78, 5) is 0. The second kappa shape index (κ2) is 3.46. The molecule has 3 heteroatoms. The maximum atomic E-state index is 12.6. The quantitative estimate of drug-likeness (QED) is 0.498. The molecule has 1 heterocycles. The van der Waals surface area contributed by atoms with E-state index in [4.69, 9.17) is 0 Å². The van der Waals surface area contributed by atoms with E-state index in [0.29, 0.717) is 4.73 Å². The Morgan fingerprint density at radius 1 is 0.857 bits per heavy atom. The Morgan fingerprint density at radius 3 is 1.93 bits per heavy atom. The molecule has 0 saturated heterocycles. The number of hydrogen-bond donors (Lipinski definition) is 0. The van der Waals surface area contributed by atoms with Gasteiger partial charge in [-0.1, -0.05) is 12.1 Å². The van der Waals surface area contributed by atoms with Crippen molar-refractivity contribution in [1.82, 2.24) is 0 Å². The molecule has 1 aromatic carbocycles. The third kappa shape index (κ3) is 1.71. The fraction of sp³-hybridized carbons (Fsp3) is 0. The van der Waals surface area contributed by atoms with Gasteiger partial charge in [0.05, 0.1) is 0 Å². The maximum Gasteiger partial charge on any atom is 0.180 e. The Bertz CT molecular complexity index is 379. The molecule has 2 aromatic rings. The van der Waals surface area contributed by atoms with Gasteiger partial charge in [-0.15, -0.1) is 0 Å². The summed E-state index contributed by atoms with van der Waals surface area (Å²) in [5, 5.41) is 10.8. The lowest BCUT2D eigenvalue weighted by molar-refractivity contribution is -0.605. The van der Waals surface area contributed by atoms with Crippen molar-refractivity contribution in [2.75, 3.05) is 0 Å². The lowest BCUT2D eigenvalue weighted by Crippen LogP contribution is -2.23. The third-order valence-electron chi connectivity index (χ3n) is 1.98. The summed E-state index contributed by atoms with van der Waals surface area (Å²) in [5.41, 5.74) is 1.80. The van der Waals surface area contributed by atoms with E-state index in [9.17, 15) is 9.60 Å². The topological polar surface area (TPSA) is 26.9 Å². The number of aromatic nitrogens is 1. The van der Waals surface area contributed by atoms with Crippen LogP contribution in [0.15, 0.2) is 48.8 Å². The first-order valence-electron chi connectivity index (χ1n) is 4.20. The average Bonchev–Trinajstić information content (AvgIpc) is 2.21. The second-order valence-electron chi connectivity index (χ2n) is 2.95. The smallest absolute Gasteiger partial charge is 0.180 e. The van der Waals surface area contributed by atoms with Gasteiger partial charge in [0, 0.05) is 12.1 Å². The molecule has 0 N–H and O–H groups in total. The molecule has 70 valence electrons. The molecule has 0 fully saturated rings. The third-order valence-corrected chi connectivity index (χ3v) is 1.98. The summed E-state index contributed by atoms with van der Waals surface area (Å²) < 4.78 is 13.3. The van der Waals surface area contributed by atoms with Gasteiger partial charge in [0.2, 0.25) is 0 Å². The van der Waals surface area contributed by atoms with Crippen LogP contribution in [-0.2, 0) is 0 Å². The predicted octanol–water partition coefficient (Wildman–Crippen LogP) is 2.13. The largest absolute Gasteiger partial charge is 0.619 e. The molecule has 0 saturated carbocycles. The summed E-state index contributed by atoms with van der Waals surface area (Å²) in [6, 6.07) is 9.54. The highest BCUT2D eigenvalue weighted by molar-refractivity contribution is 5.61. The van der Waals surface area contributed by atoms with E-state index in [1.54, 1.807) is 24.3 Å². The highest BCUT2D eigenvalue weighted by Gasteiger charge is 1.98. The number of pyridine rings is 1. The second-order valence-corrected chi connectivity index (χ2v) is 2.95. The Hall–Kier alpha value is -1.90. The molecule has 1 aromatic heterocycles. The lowest BCUT2D eigenvalue weighted by atomic mass is 10.1. The first-order chi connectivity index (χ1) is 6.75. The van der Waals surface area contributed by atoms with Crippen molar-refractivity contribution in [2.45, 2.75) is 0 Å². The molecule has 2 nitrogen and oxygen atoms in total. The summed E-state index contributed by atoms with van der Waals surface area (Å²) >= 11 is 0. The Labute approximate surface area is 80.8 Å². The summed E-state index contributed by atoms with van der Waals surface area (Å²) in [6.45, 7) is 0. The summed E-state index contributed by atoms with van der Waals surface area (Å²) in [7, 11) is 0. The van der Waals surface area contributed by atoms with Crippen molar-refractivity contribution in [1.29, 1.82) is 0 Å². The van der Waals surface area contributed by atoms with Crippen LogP contribution in [0, 0.1) is 11.0 Å². The van der Waals surface area contributed by atoms with Crippen molar-refractivity contribution < 1.29 is 9.12 Å². The van der Waals surface area contributed by atoms with Gasteiger partial charge < -0.3 is 5.21 Å². The van der Waals surface area contributed by atoms with E-state index in [1.807, 2.05) is 0 Å². The van der Waals surface area contributed by atoms with Gasteiger partial charge in [-0.25, -0.2) is 4.39 Å². The minimum atomic E-state index is -0.261. The highest BCUT2D eigenvalue weighted by Crippen LogP contribution is 2.17. The Balaban J connectivity index is 2.40. The first-order valence-corrected chi connectivity index (χ1v) is 4.20. The number of rotatable bonds is 1. The van der Waals surface area contributed by atoms with Crippen molar-refractivity contribution in [3.8, 4) is 11.1 Å². The van der Waals surface area contributed by atoms with Crippen LogP contribution in [0.5, 0.6) is 0 Å². The van der Waals surface area contributed by atoms with Gasteiger partial charge in [0.25, 0.3) is 0 Å². The average molecular weight is 189 g/mol. The zero-order valence-electron chi connectivity index (χ0n) is 7.35. The van der Waals surface area contributed by atoms with Crippen molar-refractivity contribution in [3.63, 3.8) is 0 Å². The molecular formula is C11H8FNO. The zero-order chi connectivity index (χ0) is 9.97. The van der Waals surface area contributed by atoms with Crippen molar-refractivity contribution in [2.24, 2.45) is 0 Å². The molecule has 0 aliphatic heterocycles. The number of halogens is 1. The highest BCUT2D eigenvalue weighted by atomic mass is 19.1. The fourth-order valence-electron chi connectivity index (χ4n) is 1.25. The van der Waals surface area contributed by atoms with Crippen LogP contribution < -0.4 is 4.73 Å². The molecule has 2 rings (SSSR count). The summed E-state index contributed by atoms with van der Waals surface area (Å²) in [5.74, 6) is -0.261. The molecule has 0 spiro atoms. The van der Waals surface area contributed by atoms with Gasteiger partial charge >= 0.3 is 0 Å². The predicted molar refractivity (Wildman–Crippen MR) is 50.8 cm³/mol. The van der Waals surface area contributed by atoms with Crippen molar-refractivity contribution in [3.05, 3.63) is 59.8 Å². The standard InChI is InChI=1S/C11H8FNO/c12-11-3-1-9(2-4-11)10-5-7-13(14)8-6-10/h1-8H. The Morgan fingerprint density at radius 2 is 1.36 bits per heavy atom. The lowest BCUT2D eigenvalue weighted by Gasteiger charge is -2.00. The Kier molecular flexibility index (Phi) is 2.14. The minimum Gasteiger partial charge on any atom is -0.619 e. The molecule has 0 radical (unpaired) electrons. The SMILES string of the molecule is [O-][n+]1ccc(-c2ccc(F)cc2)cc1. The van der Waals surface area contributed by atoms with Crippen LogP contribution in [0.2, 0.25) is 0 Å². The normalized spacial score (nSPS) is 10.1. The molecule has 0 amide bonds. The van der Waals surface area contributed by atoms with E-state index in [1.165, 1.54) is 24.5 Å². The van der Waals surface area contributed by atoms with Crippen LogP contribution >= 0.6 is 0 Å².